The van der Waals surface area contributed by atoms with Crippen molar-refractivity contribution in [1.29, 1.82) is 0 Å². The van der Waals surface area contributed by atoms with E-state index in [0.717, 1.165) is 22.4 Å². The number of hydrogen-bond donors (Lipinski definition) is 2. The number of aromatic nitrogens is 1. The normalized spacial score (nSPS) is 15.3. The lowest BCUT2D eigenvalue weighted by atomic mass is 9.93. The smallest absolute Gasteiger partial charge is 0.335 e. The second kappa shape index (κ2) is 6.28. The zero-order valence-corrected chi connectivity index (χ0v) is 13.3. The highest BCUT2D eigenvalue weighted by molar-refractivity contribution is 5.88. The second-order valence-electron chi connectivity index (χ2n) is 5.86. The van der Waals surface area contributed by atoms with E-state index < -0.39 is 5.97 Å². The molecule has 1 aromatic heterocycles. The van der Waals surface area contributed by atoms with Gasteiger partial charge < -0.3 is 15.2 Å². The van der Waals surface area contributed by atoms with Gasteiger partial charge in [0.15, 0.2) is 0 Å². The summed E-state index contributed by atoms with van der Waals surface area (Å²) in [7, 11) is 0. The predicted molar refractivity (Wildman–Crippen MR) is 93.9 cm³/mol. The summed E-state index contributed by atoms with van der Waals surface area (Å²) < 4.78 is 5.93. The van der Waals surface area contributed by atoms with Crippen molar-refractivity contribution < 1.29 is 14.6 Å². The van der Waals surface area contributed by atoms with Crippen molar-refractivity contribution in [1.82, 2.24) is 4.98 Å². The zero-order valence-electron chi connectivity index (χ0n) is 13.3. The van der Waals surface area contributed by atoms with Gasteiger partial charge in [0.25, 0.3) is 0 Å². The third kappa shape index (κ3) is 2.92. The number of pyridine rings is 1. The molecule has 0 fully saturated rings. The molecule has 0 saturated carbocycles. The number of hydrogen-bond acceptors (Lipinski definition) is 4. The van der Waals surface area contributed by atoms with Gasteiger partial charge in [-0.3, -0.25) is 4.98 Å². The fourth-order valence-corrected chi connectivity index (χ4v) is 3.08. The van der Waals surface area contributed by atoms with Crippen molar-refractivity contribution in [2.24, 2.45) is 0 Å². The number of aromatic carboxylic acids is 1. The van der Waals surface area contributed by atoms with Crippen LogP contribution in [0.1, 0.15) is 33.1 Å². The van der Waals surface area contributed by atoms with E-state index in [4.69, 9.17) is 4.74 Å². The monoisotopic (exact) mass is 332 g/mol. The van der Waals surface area contributed by atoms with Crippen molar-refractivity contribution in [3.05, 3.63) is 89.2 Å². The molecule has 5 heteroatoms. The van der Waals surface area contributed by atoms with Gasteiger partial charge in [-0.25, -0.2) is 4.79 Å². The lowest BCUT2D eigenvalue weighted by molar-refractivity contribution is 0.0696. The lowest BCUT2D eigenvalue weighted by Gasteiger charge is -2.22. The van der Waals surface area contributed by atoms with Crippen molar-refractivity contribution in [2.75, 3.05) is 5.32 Å². The Morgan fingerprint density at radius 2 is 1.88 bits per heavy atom. The van der Waals surface area contributed by atoms with Crippen LogP contribution in [0.5, 0.6) is 5.75 Å². The first-order valence-corrected chi connectivity index (χ1v) is 7.97. The molecule has 0 radical (unpaired) electrons. The minimum Gasteiger partial charge on any atom is -0.489 e. The van der Waals surface area contributed by atoms with E-state index in [1.54, 1.807) is 30.6 Å². The minimum atomic E-state index is -0.956. The Morgan fingerprint density at radius 1 is 1.08 bits per heavy atom. The molecular formula is C20H16N2O3. The molecule has 2 N–H and O–H groups in total. The largest absolute Gasteiger partial charge is 0.489 e. The molecule has 1 unspecified atom stereocenters. The average Bonchev–Trinajstić information content (AvgIpc) is 2.80. The van der Waals surface area contributed by atoms with E-state index in [1.807, 2.05) is 36.4 Å². The summed E-state index contributed by atoms with van der Waals surface area (Å²) in [5, 5.41) is 12.8. The Balaban J connectivity index is 1.87. The van der Waals surface area contributed by atoms with Crippen LogP contribution in [0.2, 0.25) is 0 Å². The third-order valence-corrected chi connectivity index (χ3v) is 4.31. The second-order valence-corrected chi connectivity index (χ2v) is 5.86. The Hall–Kier alpha value is -3.34. The molecule has 1 aliphatic rings. The summed E-state index contributed by atoms with van der Waals surface area (Å²) in [6.07, 6.45) is 3.44. The minimum absolute atomic E-state index is 0.213. The van der Waals surface area contributed by atoms with Crippen LogP contribution >= 0.6 is 0 Å². The van der Waals surface area contributed by atoms with Crippen LogP contribution in [-0.4, -0.2) is 16.1 Å². The topological polar surface area (TPSA) is 71.5 Å². The van der Waals surface area contributed by atoms with Crippen molar-refractivity contribution in [2.45, 2.75) is 12.6 Å². The third-order valence-electron chi connectivity index (χ3n) is 4.31. The van der Waals surface area contributed by atoms with E-state index >= 15 is 0 Å². The quantitative estimate of drug-likeness (QED) is 0.762. The van der Waals surface area contributed by atoms with Crippen molar-refractivity contribution >= 4 is 11.7 Å². The highest BCUT2D eigenvalue weighted by Gasteiger charge is 2.25. The van der Waals surface area contributed by atoms with Crippen LogP contribution in [-0.2, 0) is 6.61 Å². The molecule has 124 valence electrons. The number of rotatable bonds is 3. The first-order chi connectivity index (χ1) is 12.2. The molecule has 0 aliphatic carbocycles. The molecule has 0 spiro atoms. The zero-order chi connectivity index (χ0) is 17.2. The van der Waals surface area contributed by atoms with E-state index in [2.05, 4.69) is 10.3 Å². The predicted octanol–water partition coefficient (Wildman–Crippen LogP) is 3.87. The van der Waals surface area contributed by atoms with Crippen LogP contribution in [0.3, 0.4) is 0 Å². The first kappa shape index (κ1) is 15.2. The standard InChI is InChI=1S/C20H16N2O3/c23-20(24)13-5-6-18-17(11-13)19(22-15-7-9-21-10-8-15)16-4-2-1-3-14(16)12-25-18/h1-11,19H,12H2,(H,21,22)(H,23,24). The Labute approximate surface area is 144 Å². The summed E-state index contributed by atoms with van der Waals surface area (Å²) in [5.74, 6) is -0.268. The maximum absolute atomic E-state index is 11.4. The number of nitrogens with one attached hydrogen (secondary N) is 1. The Morgan fingerprint density at radius 3 is 2.68 bits per heavy atom. The summed E-state index contributed by atoms with van der Waals surface area (Å²) in [6, 6.07) is 16.6. The van der Waals surface area contributed by atoms with Gasteiger partial charge in [0, 0.05) is 23.6 Å². The van der Waals surface area contributed by atoms with Gasteiger partial charge in [-0.2, -0.15) is 0 Å². The first-order valence-electron chi connectivity index (χ1n) is 7.97. The number of benzene rings is 2. The average molecular weight is 332 g/mol. The molecule has 0 saturated heterocycles. The van der Waals surface area contributed by atoms with E-state index in [-0.39, 0.29) is 11.6 Å². The van der Waals surface area contributed by atoms with E-state index in [1.165, 1.54) is 0 Å². The Kier molecular flexibility index (Phi) is 3.82. The summed E-state index contributed by atoms with van der Waals surface area (Å²) >= 11 is 0. The lowest BCUT2D eigenvalue weighted by Crippen LogP contribution is -2.14. The van der Waals surface area contributed by atoms with Crippen LogP contribution in [0.4, 0.5) is 5.69 Å². The van der Waals surface area contributed by atoms with E-state index in [0.29, 0.717) is 12.4 Å². The molecule has 5 nitrogen and oxygen atoms in total. The number of carboxylic acid groups (broad SMARTS) is 1. The van der Waals surface area contributed by atoms with Crippen LogP contribution in [0, 0.1) is 0 Å². The molecule has 1 atom stereocenters. The molecule has 0 bridgehead atoms. The molecule has 4 rings (SSSR count). The molecule has 0 amide bonds. The van der Waals surface area contributed by atoms with Gasteiger partial charge in [0.1, 0.15) is 12.4 Å². The van der Waals surface area contributed by atoms with Crippen LogP contribution in [0.25, 0.3) is 0 Å². The highest BCUT2D eigenvalue weighted by Crippen LogP contribution is 2.38. The van der Waals surface area contributed by atoms with Crippen molar-refractivity contribution in [3.8, 4) is 5.75 Å². The van der Waals surface area contributed by atoms with Gasteiger partial charge in [0.05, 0.1) is 11.6 Å². The SMILES string of the molecule is O=C(O)c1ccc2c(c1)C(Nc1ccncc1)c1ccccc1CO2. The van der Waals surface area contributed by atoms with Gasteiger partial charge in [-0.15, -0.1) is 0 Å². The number of ether oxygens (including phenoxy) is 1. The van der Waals surface area contributed by atoms with Gasteiger partial charge >= 0.3 is 5.97 Å². The highest BCUT2D eigenvalue weighted by atomic mass is 16.5. The number of fused-ring (bicyclic) bond motifs is 2. The van der Waals surface area contributed by atoms with Gasteiger partial charge in [-0.1, -0.05) is 24.3 Å². The Bertz CT molecular complexity index is 925. The number of carboxylic acids is 1. The van der Waals surface area contributed by atoms with Crippen LogP contribution in [0.15, 0.2) is 67.0 Å². The maximum atomic E-state index is 11.4. The molecule has 2 aromatic carbocycles. The van der Waals surface area contributed by atoms with E-state index in [9.17, 15) is 9.90 Å². The fraction of sp³-hybridized carbons (Fsp3) is 0.100. The number of carbonyl (C=O) groups is 1. The van der Waals surface area contributed by atoms with Gasteiger partial charge in [0.2, 0.25) is 0 Å². The summed E-state index contributed by atoms with van der Waals surface area (Å²) in [6.45, 7) is 0.449. The summed E-state index contributed by atoms with van der Waals surface area (Å²) in [4.78, 5) is 15.5. The molecular weight excluding hydrogens is 316 g/mol. The van der Waals surface area contributed by atoms with Crippen LogP contribution < -0.4 is 10.1 Å². The summed E-state index contributed by atoms with van der Waals surface area (Å²) in [5.41, 5.74) is 4.09. The van der Waals surface area contributed by atoms with Gasteiger partial charge in [-0.05, 0) is 41.5 Å². The molecule has 2 heterocycles. The fourth-order valence-electron chi connectivity index (χ4n) is 3.08. The molecule has 3 aromatic rings. The number of nitrogens with zero attached hydrogens (tertiary/aromatic N) is 1. The molecule has 1 aliphatic heterocycles. The molecule has 25 heavy (non-hydrogen) atoms. The number of anilines is 1. The maximum Gasteiger partial charge on any atom is 0.335 e. The van der Waals surface area contributed by atoms with Crippen molar-refractivity contribution in [3.63, 3.8) is 0 Å².